The average Bonchev–Trinajstić information content (AvgIpc) is 2.07. The van der Waals surface area contributed by atoms with Crippen molar-refractivity contribution in [3.63, 3.8) is 0 Å². The van der Waals surface area contributed by atoms with E-state index in [1.807, 2.05) is 0 Å². The molecule has 0 aromatic heterocycles. The van der Waals surface area contributed by atoms with Gasteiger partial charge in [-0.15, -0.1) is 0 Å². The lowest BCUT2D eigenvalue weighted by Crippen LogP contribution is -2.03. The van der Waals surface area contributed by atoms with E-state index in [1.165, 1.54) is 0 Å². The van der Waals surface area contributed by atoms with Crippen LogP contribution in [0.1, 0.15) is 0 Å². The predicted octanol–water partition coefficient (Wildman–Crippen LogP) is 1.59. The summed E-state index contributed by atoms with van der Waals surface area (Å²) >= 11 is 0. The highest BCUT2D eigenvalue weighted by atomic mass is 19.2. The van der Waals surface area contributed by atoms with Crippen molar-refractivity contribution < 1.29 is 18.1 Å². The molecule has 1 aromatic rings. The van der Waals surface area contributed by atoms with Gasteiger partial charge in [-0.3, -0.25) is 10.1 Å². The van der Waals surface area contributed by atoms with E-state index in [1.54, 1.807) is 0 Å². The molecule has 0 saturated carbocycles. The summed E-state index contributed by atoms with van der Waals surface area (Å²) in [4.78, 5) is 9.01. The van der Waals surface area contributed by atoms with Gasteiger partial charge in [-0.05, 0) is 0 Å². The summed E-state index contributed by atoms with van der Waals surface area (Å²) in [6.45, 7) is 0. The molecule has 0 aliphatic rings. The van der Waals surface area contributed by atoms with Gasteiger partial charge in [0, 0.05) is 0 Å². The Kier molecular flexibility index (Phi) is 2.09. The Morgan fingerprint density at radius 1 is 1.31 bits per heavy atom. The van der Waals surface area contributed by atoms with Gasteiger partial charge in [0.15, 0.2) is 17.5 Å². The molecule has 7 heteroatoms. The predicted molar refractivity (Wildman–Crippen MR) is 37.4 cm³/mol. The van der Waals surface area contributed by atoms with Gasteiger partial charge in [0.1, 0.15) is 5.69 Å². The highest BCUT2D eigenvalue weighted by Gasteiger charge is 2.23. The summed E-state index contributed by atoms with van der Waals surface area (Å²) in [6, 6.07) is 0.230. The quantitative estimate of drug-likeness (QED) is 0.318. The van der Waals surface area contributed by atoms with E-state index in [0.717, 1.165) is 0 Å². The van der Waals surface area contributed by atoms with Crippen molar-refractivity contribution in [2.45, 2.75) is 0 Å². The molecule has 0 atom stereocenters. The normalized spacial score (nSPS) is 10.1. The summed E-state index contributed by atoms with van der Waals surface area (Å²) < 4.78 is 37.4. The topological polar surface area (TPSA) is 69.2 Å². The maximum absolute atomic E-state index is 12.6. The van der Waals surface area contributed by atoms with E-state index in [2.05, 4.69) is 0 Å². The fourth-order valence-electron chi connectivity index (χ4n) is 0.748. The molecule has 4 nitrogen and oxygen atoms in total. The second kappa shape index (κ2) is 2.92. The molecule has 2 N–H and O–H groups in total. The van der Waals surface area contributed by atoms with Crippen LogP contribution in [0, 0.1) is 27.6 Å². The monoisotopic (exact) mass is 192 g/mol. The second-order valence-electron chi connectivity index (χ2n) is 2.18. The molecule has 0 amide bonds. The third-order valence-electron chi connectivity index (χ3n) is 1.37. The van der Waals surface area contributed by atoms with E-state index in [-0.39, 0.29) is 6.07 Å². The van der Waals surface area contributed by atoms with Crippen LogP contribution in [0.3, 0.4) is 0 Å². The van der Waals surface area contributed by atoms with Crippen molar-refractivity contribution >= 4 is 11.4 Å². The molecule has 1 rings (SSSR count). The van der Waals surface area contributed by atoms with Crippen LogP contribution in [-0.4, -0.2) is 4.92 Å². The van der Waals surface area contributed by atoms with Crippen LogP contribution in [0.25, 0.3) is 0 Å². The summed E-state index contributed by atoms with van der Waals surface area (Å²) in [5.41, 5.74) is 2.83. The Balaban J connectivity index is 3.50. The van der Waals surface area contributed by atoms with Gasteiger partial charge in [-0.1, -0.05) is 0 Å². The first-order valence-electron chi connectivity index (χ1n) is 3.02. The van der Waals surface area contributed by atoms with E-state index >= 15 is 0 Å². The molecule has 0 aliphatic carbocycles. The van der Waals surface area contributed by atoms with Gasteiger partial charge in [-0.25, -0.2) is 13.2 Å². The lowest BCUT2D eigenvalue weighted by Gasteiger charge is -2.00. The minimum absolute atomic E-state index is 0.230. The Labute approximate surface area is 69.9 Å². The van der Waals surface area contributed by atoms with Crippen molar-refractivity contribution in [2.75, 3.05) is 5.73 Å². The van der Waals surface area contributed by atoms with Crippen LogP contribution in [0.15, 0.2) is 6.07 Å². The number of hydrogen-bond acceptors (Lipinski definition) is 3. The minimum Gasteiger partial charge on any atom is -0.391 e. The summed E-state index contributed by atoms with van der Waals surface area (Å²) in [5, 5.41) is 10.1. The number of halogens is 3. The zero-order valence-electron chi connectivity index (χ0n) is 6.05. The van der Waals surface area contributed by atoms with Gasteiger partial charge in [0.2, 0.25) is 0 Å². The van der Waals surface area contributed by atoms with Crippen molar-refractivity contribution in [1.82, 2.24) is 0 Å². The summed E-state index contributed by atoms with van der Waals surface area (Å²) in [7, 11) is 0. The van der Waals surface area contributed by atoms with Gasteiger partial charge in [0.25, 0.3) is 5.69 Å². The van der Waals surface area contributed by atoms with Gasteiger partial charge >= 0.3 is 0 Å². The SMILES string of the molecule is Nc1c([N+](=O)[O-])cc(F)c(F)c1F. The zero-order chi connectivity index (χ0) is 10.2. The van der Waals surface area contributed by atoms with Crippen LogP contribution < -0.4 is 5.73 Å². The smallest absolute Gasteiger partial charge is 0.298 e. The fraction of sp³-hybridized carbons (Fsp3) is 0. The summed E-state index contributed by atoms with van der Waals surface area (Å²) in [5.74, 6) is -5.20. The van der Waals surface area contributed by atoms with Crippen molar-refractivity contribution in [3.8, 4) is 0 Å². The molecular formula is C6H3F3N2O2. The maximum atomic E-state index is 12.6. The van der Waals surface area contributed by atoms with Crippen molar-refractivity contribution in [2.24, 2.45) is 0 Å². The molecule has 0 unspecified atom stereocenters. The molecule has 0 radical (unpaired) electrons. The van der Waals surface area contributed by atoms with Gasteiger partial charge < -0.3 is 5.73 Å². The Hall–Kier alpha value is -1.79. The van der Waals surface area contributed by atoms with Crippen LogP contribution in [-0.2, 0) is 0 Å². The minimum atomic E-state index is -1.82. The first-order chi connectivity index (χ1) is 5.95. The number of nitro groups is 1. The summed E-state index contributed by atoms with van der Waals surface area (Å²) in [6.07, 6.45) is 0. The number of nitrogens with two attached hydrogens (primary N) is 1. The molecule has 0 spiro atoms. The standard InChI is InChI=1S/C6H3F3N2O2/c7-2-1-3(11(12)13)6(10)5(9)4(2)8/h1H,10H2. The number of nitro benzene ring substituents is 1. The highest BCUT2D eigenvalue weighted by Crippen LogP contribution is 2.27. The molecule has 0 fully saturated rings. The van der Waals surface area contributed by atoms with Crippen LogP contribution in [0.2, 0.25) is 0 Å². The third kappa shape index (κ3) is 1.40. The molecule has 0 aliphatic heterocycles. The molecule has 0 saturated heterocycles. The third-order valence-corrected chi connectivity index (χ3v) is 1.37. The van der Waals surface area contributed by atoms with Crippen LogP contribution in [0.5, 0.6) is 0 Å². The molecule has 70 valence electrons. The number of nitrogens with zero attached hydrogens (tertiary/aromatic N) is 1. The van der Waals surface area contributed by atoms with Gasteiger partial charge in [0.05, 0.1) is 11.0 Å². The first kappa shape index (κ1) is 9.30. The number of benzene rings is 1. The number of nitrogen functional groups attached to an aromatic ring is 1. The van der Waals surface area contributed by atoms with Crippen molar-refractivity contribution in [1.29, 1.82) is 0 Å². The lowest BCUT2D eigenvalue weighted by atomic mass is 10.2. The molecule has 13 heavy (non-hydrogen) atoms. The lowest BCUT2D eigenvalue weighted by molar-refractivity contribution is -0.384. The fourth-order valence-corrected chi connectivity index (χ4v) is 0.748. The Morgan fingerprint density at radius 2 is 1.85 bits per heavy atom. The second-order valence-corrected chi connectivity index (χ2v) is 2.18. The molecule has 0 bridgehead atoms. The zero-order valence-corrected chi connectivity index (χ0v) is 6.05. The largest absolute Gasteiger partial charge is 0.391 e. The molecule has 1 aromatic carbocycles. The van der Waals surface area contributed by atoms with E-state index in [0.29, 0.717) is 0 Å². The van der Waals surface area contributed by atoms with Crippen LogP contribution >= 0.6 is 0 Å². The Bertz CT molecular complexity index is 381. The van der Waals surface area contributed by atoms with E-state index in [9.17, 15) is 23.3 Å². The highest BCUT2D eigenvalue weighted by molar-refractivity contribution is 5.59. The Morgan fingerprint density at radius 3 is 2.31 bits per heavy atom. The van der Waals surface area contributed by atoms with Crippen molar-refractivity contribution in [3.05, 3.63) is 33.6 Å². The number of anilines is 1. The maximum Gasteiger partial charge on any atom is 0.298 e. The number of rotatable bonds is 1. The van der Waals surface area contributed by atoms with E-state index in [4.69, 9.17) is 5.73 Å². The van der Waals surface area contributed by atoms with E-state index < -0.39 is 33.7 Å². The molecular weight excluding hydrogens is 189 g/mol. The first-order valence-corrected chi connectivity index (χ1v) is 3.02. The van der Waals surface area contributed by atoms with Gasteiger partial charge in [-0.2, -0.15) is 0 Å². The number of hydrogen-bond donors (Lipinski definition) is 1. The van der Waals surface area contributed by atoms with Crippen LogP contribution in [0.4, 0.5) is 24.5 Å². The average molecular weight is 192 g/mol. The molecule has 0 heterocycles.